The molecule has 0 spiro atoms. The predicted octanol–water partition coefficient (Wildman–Crippen LogP) is 4.32. The first-order valence-electron chi connectivity index (χ1n) is 7.66. The first kappa shape index (κ1) is 15.4. The van der Waals surface area contributed by atoms with Crippen LogP contribution in [-0.4, -0.2) is 33.9 Å². The number of hydrogen-bond donors (Lipinski definition) is 0. The Morgan fingerprint density at radius 2 is 2.04 bits per heavy atom. The summed E-state index contributed by atoms with van der Waals surface area (Å²) >= 11 is 1.43. The van der Waals surface area contributed by atoms with E-state index >= 15 is 0 Å². The highest BCUT2D eigenvalue weighted by molar-refractivity contribution is 7.20. The third-order valence-electron chi connectivity index (χ3n) is 3.93. The van der Waals surface area contributed by atoms with Gasteiger partial charge in [-0.25, -0.2) is 13.8 Å². The largest absolute Gasteiger partial charge is 0.431 e. The van der Waals surface area contributed by atoms with Crippen LogP contribution in [0.3, 0.4) is 0 Å². The molecule has 0 bridgehead atoms. The molecule has 4 rings (SSSR count). The predicted molar refractivity (Wildman–Crippen MR) is 88.8 cm³/mol. The number of pyridine rings is 1. The summed E-state index contributed by atoms with van der Waals surface area (Å²) in [6.45, 7) is 0.800. The number of ether oxygens (including phenoxy) is 1. The fourth-order valence-electron chi connectivity index (χ4n) is 2.76. The Labute approximate surface area is 141 Å². The van der Waals surface area contributed by atoms with Crippen molar-refractivity contribution in [2.24, 2.45) is 0 Å². The van der Waals surface area contributed by atoms with E-state index in [-0.39, 0.29) is 13.0 Å². The van der Waals surface area contributed by atoms with Crippen molar-refractivity contribution in [1.29, 1.82) is 0 Å². The van der Waals surface area contributed by atoms with E-state index in [1.807, 2.05) is 36.4 Å². The van der Waals surface area contributed by atoms with E-state index in [2.05, 4.69) is 9.97 Å². The topological polar surface area (TPSA) is 38.2 Å². The number of halogens is 2. The quantitative estimate of drug-likeness (QED) is 0.704. The normalized spacial score (nSPS) is 17.4. The van der Waals surface area contributed by atoms with Crippen molar-refractivity contribution in [2.45, 2.75) is 18.9 Å². The second-order valence-corrected chi connectivity index (χ2v) is 6.86. The molecule has 1 aromatic carbocycles. The molecule has 124 valence electrons. The number of aromatic nitrogens is 2. The smallest absolute Gasteiger partial charge is 0.281 e. The fraction of sp³-hybridized carbons (Fsp3) is 0.294. The molecule has 0 saturated carbocycles. The molecule has 1 fully saturated rings. The van der Waals surface area contributed by atoms with E-state index in [1.54, 1.807) is 11.1 Å². The number of hydrogen-bond acceptors (Lipinski definition) is 5. The number of rotatable bonds is 4. The lowest BCUT2D eigenvalue weighted by molar-refractivity contribution is 0.0115. The molecule has 1 saturated heterocycles. The summed E-state index contributed by atoms with van der Waals surface area (Å²) in [6, 6.07) is 11.3. The van der Waals surface area contributed by atoms with E-state index in [0.717, 1.165) is 10.3 Å². The summed E-state index contributed by atoms with van der Waals surface area (Å²) < 4.78 is 33.2. The maximum absolute atomic E-state index is 13.2. The van der Waals surface area contributed by atoms with Crippen LogP contribution in [0.4, 0.5) is 8.78 Å². The van der Waals surface area contributed by atoms with Gasteiger partial charge in [0.2, 0.25) is 0 Å². The number of benzene rings is 1. The molecule has 1 aliphatic rings. The zero-order valence-corrected chi connectivity index (χ0v) is 13.6. The molecule has 24 heavy (non-hydrogen) atoms. The molecular formula is C17H15F2N3OS. The van der Waals surface area contributed by atoms with Crippen molar-refractivity contribution in [3.63, 3.8) is 0 Å². The highest BCUT2D eigenvalue weighted by atomic mass is 32.1. The average Bonchev–Trinajstić information content (AvgIpc) is 3.11. The van der Waals surface area contributed by atoms with Gasteiger partial charge in [0.1, 0.15) is 5.75 Å². The molecule has 3 aromatic rings. The molecule has 4 nitrogen and oxygen atoms in total. The Balaban J connectivity index is 1.42. The fourth-order valence-corrected chi connectivity index (χ4v) is 3.55. The van der Waals surface area contributed by atoms with Gasteiger partial charge in [-0.3, -0.25) is 4.90 Å². The van der Waals surface area contributed by atoms with Gasteiger partial charge in [-0.05, 0) is 29.8 Å². The molecule has 0 amide bonds. The summed E-state index contributed by atoms with van der Waals surface area (Å²) in [6.07, 6.45) is 1.64. The third-order valence-corrected chi connectivity index (χ3v) is 4.82. The molecule has 0 atom stereocenters. The monoisotopic (exact) mass is 347 g/mol. The van der Waals surface area contributed by atoms with Crippen molar-refractivity contribution in [3.05, 3.63) is 48.2 Å². The van der Waals surface area contributed by atoms with Gasteiger partial charge in [0.15, 0.2) is 5.65 Å². The molecule has 1 aliphatic heterocycles. The highest BCUT2D eigenvalue weighted by Crippen LogP contribution is 2.31. The zero-order valence-electron chi connectivity index (χ0n) is 12.8. The SMILES string of the molecule is FC1(F)CCN(Cc2ccc(Oc3nc4ncccc4s3)cc2)C1. The maximum atomic E-state index is 13.2. The number of nitrogens with zero attached hydrogens (tertiary/aromatic N) is 3. The lowest BCUT2D eigenvalue weighted by atomic mass is 10.2. The van der Waals surface area contributed by atoms with Crippen LogP contribution in [0.15, 0.2) is 42.6 Å². The number of likely N-dealkylation sites (tertiary alicyclic amines) is 1. The van der Waals surface area contributed by atoms with Crippen LogP contribution in [0.1, 0.15) is 12.0 Å². The Hall–Kier alpha value is -2.12. The van der Waals surface area contributed by atoms with Crippen LogP contribution >= 0.6 is 11.3 Å². The van der Waals surface area contributed by atoms with Crippen molar-refractivity contribution in [2.75, 3.05) is 13.1 Å². The van der Waals surface area contributed by atoms with Crippen LogP contribution in [-0.2, 0) is 6.54 Å². The second-order valence-electron chi connectivity index (χ2n) is 5.87. The van der Waals surface area contributed by atoms with Crippen molar-refractivity contribution < 1.29 is 13.5 Å². The van der Waals surface area contributed by atoms with Gasteiger partial charge in [-0.15, -0.1) is 0 Å². The Kier molecular flexibility index (Phi) is 3.90. The molecule has 7 heteroatoms. The van der Waals surface area contributed by atoms with Gasteiger partial charge < -0.3 is 4.74 Å². The third kappa shape index (κ3) is 3.37. The Morgan fingerprint density at radius 3 is 2.75 bits per heavy atom. The second kappa shape index (κ2) is 6.07. The first-order chi connectivity index (χ1) is 11.6. The van der Waals surface area contributed by atoms with Gasteiger partial charge in [0.05, 0.1) is 11.2 Å². The van der Waals surface area contributed by atoms with E-state index in [9.17, 15) is 8.78 Å². The van der Waals surface area contributed by atoms with Gasteiger partial charge in [-0.1, -0.05) is 23.5 Å². The van der Waals surface area contributed by atoms with E-state index in [0.29, 0.717) is 29.7 Å². The zero-order chi connectivity index (χ0) is 16.6. The summed E-state index contributed by atoms with van der Waals surface area (Å²) in [7, 11) is 0. The van der Waals surface area contributed by atoms with E-state index < -0.39 is 5.92 Å². The summed E-state index contributed by atoms with van der Waals surface area (Å²) in [5.41, 5.74) is 1.66. The molecular weight excluding hydrogens is 332 g/mol. The number of alkyl halides is 2. The van der Waals surface area contributed by atoms with Gasteiger partial charge in [0, 0.05) is 25.7 Å². The van der Waals surface area contributed by atoms with Crippen LogP contribution in [0.5, 0.6) is 10.9 Å². The lowest BCUT2D eigenvalue weighted by Crippen LogP contribution is -2.24. The van der Waals surface area contributed by atoms with Crippen molar-refractivity contribution in [3.8, 4) is 10.9 Å². The van der Waals surface area contributed by atoms with Gasteiger partial charge in [0.25, 0.3) is 11.1 Å². The number of thiazole rings is 1. The highest BCUT2D eigenvalue weighted by Gasteiger charge is 2.37. The number of fused-ring (bicyclic) bond motifs is 1. The minimum atomic E-state index is -2.55. The van der Waals surface area contributed by atoms with Crippen LogP contribution in [0.25, 0.3) is 10.3 Å². The summed E-state index contributed by atoms with van der Waals surface area (Å²) in [4.78, 5) is 10.3. The molecule has 0 radical (unpaired) electrons. The van der Waals surface area contributed by atoms with Crippen molar-refractivity contribution >= 4 is 21.7 Å². The first-order valence-corrected chi connectivity index (χ1v) is 8.48. The molecule has 0 aliphatic carbocycles. The average molecular weight is 347 g/mol. The minimum absolute atomic E-state index is 0.0557. The Bertz CT molecular complexity index is 817. The standard InChI is InChI=1S/C17H15F2N3OS/c18-17(19)7-9-22(11-17)10-12-3-5-13(6-4-12)23-16-21-15-14(24-16)2-1-8-20-15/h1-6,8H,7,9-11H2. The van der Waals surface area contributed by atoms with E-state index in [1.165, 1.54) is 11.3 Å². The van der Waals surface area contributed by atoms with Gasteiger partial charge >= 0.3 is 0 Å². The van der Waals surface area contributed by atoms with Crippen LogP contribution < -0.4 is 4.74 Å². The molecule has 3 heterocycles. The van der Waals surface area contributed by atoms with Crippen molar-refractivity contribution in [1.82, 2.24) is 14.9 Å². The maximum Gasteiger partial charge on any atom is 0.281 e. The molecule has 0 N–H and O–H groups in total. The lowest BCUT2D eigenvalue weighted by Gasteiger charge is -2.15. The minimum Gasteiger partial charge on any atom is -0.431 e. The van der Waals surface area contributed by atoms with Crippen LogP contribution in [0.2, 0.25) is 0 Å². The Morgan fingerprint density at radius 1 is 1.21 bits per heavy atom. The molecule has 2 aromatic heterocycles. The van der Waals surface area contributed by atoms with Crippen LogP contribution in [0, 0.1) is 0 Å². The van der Waals surface area contributed by atoms with Gasteiger partial charge in [-0.2, -0.15) is 4.98 Å². The van der Waals surface area contributed by atoms with E-state index in [4.69, 9.17) is 4.74 Å². The molecule has 0 unspecified atom stereocenters. The summed E-state index contributed by atoms with van der Waals surface area (Å²) in [5, 5.41) is 0.538. The summed E-state index contributed by atoms with van der Waals surface area (Å²) in [5.74, 6) is -1.88.